The number of carbonyl (C=O) groups excluding carboxylic acids is 1. The standard InChI is InChI=1S/C11H22N2O4/c1-5-9(10(14)15)12-11(16)13(8(2)3)6-7-17-4/h8-9H,5-7H2,1-4H3,(H,12,16)(H,14,15)/t9-/m0/s1. The predicted octanol–water partition coefficient (Wildman–Crippen LogP) is 0.916. The predicted molar refractivity (Wildman–Crippen MR) is 64.0 cm³/mol. The molecule has 0 heterocycles. The fraction of sp³-hybridized carbons (Fsp3) is 0.818. The molecule has 0 fully saturated rings. The number of hydrogen-bond donors (Lipinski definition) is 2. The number of ether oxygens (including phenoxy) is 1. The van der Waals surface area contributed by atoms with E-state index >= 15 is 0 Å². The van der Waals surface area contributed by atoms with Crippen molar-refractivity contribution in [3.63, 3.8) is 0 Å². The largest absolute Gasteiger partial charge is 0.480 e. The van der Waals surface area contributed by atoms with Gasteiger partial charge in [-0.1, -0.05) is 6.92 Å². The van der Waals surface area contributed by atoms with E-state index in [2.05, 4.69) is 5.32 Å². The number of amides is 2. The fourth-order valence-corrected chi connectivity index (χ4v) is 1.35. The van der Waals surface area contributed by atoms with Crippen molar-refractivity contribution in [1.82, 2.24) is 10.2 Å². The summed E-state index contributed by atoms with van der Waals surface area (Å²) in [5.74, 6) is -1.02. The second-order valence-corrected chi connectivity index (χ2v) is 4.03. The van der Waals surface area contributed by atoms with Crippen LogP contribution in [-0.4, -0.2) is 54.4 Å². The van der Waals surface area contributed by atoms with Crippen molar-refractivity contribution >= 4 is 12.0 Å². The number of nitrogens with zero attached hydrogens (tertiary/aromatic N) is 1. The van der Waals surface area contributed by atoms with Crippen molar-refractivity contribution in [2.75, 3.05) is 20.3 Å². The summed E-state index contributed by atoms with van der Waals surface area (Å²) in [4.78, 5) is 24.2. The van der Waals surface area contributed by atoms with Gasteiger partial charge in [0.1, 0.15) is 6.04 Å². The molecule has 0 rings (SSSR count). The van der Waals surface area contributed by atoms with Gasteiger partial charge in [-0.3, -0.25) is 0 Å². The van der Waals surface area contributed by atoms with Gasteiger partial charge in [0, 0.05) is 19.7 Å². The highest BCUT2D eigenvalue weighted by Crippen LogP contribution is 2.01. The fourth-order valence-electron chi connectivity index (χ4n) is 1.35. The lowest BCUT2D eigenvalue weighted by molar-refractivity contribution is -0.139. The van der Waals surface area contributed by atoms with Crippen LogP contribution in [0.4, 0.5) is 4.79 Å². The molecular weight excluding hydrogens is 224 g/mol. The Balaban J connectivity index is 4.45. The number of methoxy groups -OCH3 is 1. The van der Waals surface area contributed by atoms with E-state index in [1.807, 2.05) is 13.8 Å². The summed E-state index contributed by atoms with van der Waals surface area (Å²) in [6, 6.07) is -1.21. The van der Waals surface area contributed by atoms with E-state index < -0.39 is 12.0 Å². The lowest BCUT2D eigenvalue weighted by atomic mass is 10.2. The molecule has 100 valence electrons. The van der Waals surface area contributed by atoms with Crippen LogP contribution in [0.15, 0.2) is 0 Å². The summed E-state index contributed by atoms with van der Waals surface area (Å²) in [6.07, 6.45) is 0.358. The second-order valence-electron chi connectivity index (χ2n) is 4.03. The summed E-state index contributed by atoms with van der Waals surface area (Å²) in [5, 5.41) is 11.3. The second kappa shape index (κ2) is 7.89. The zero-order chi connectivity index (χ0) is 13.4. The first-order chi connectivity index (χ1) is 7.93. The van der Waals surface area contributed by atoms with E-state index in [-0.39, 0.29) is 12.1 Å². The van der Waals surface area contributed by atoms with Crippen LogP contribution >= 0.6 is 0 Å². The normalized spacial score (nSPS) is 12.3. The van der Waals surface area contributed by atoms with Crippen LogP contribution < -0.4 is 5.32 Å². The Morgan fingerprint density at radius 2 is 2.00 bits per heavy atom. The van der Waals surface area contributed by atoms with Crippen molar-refractivity contribution < 1.29 is 19.4 Å². The van der Waals surface area contributed by atoms with Gasteiger partial charge in [-0.25, -0.2) is 9.59 Å². The molecule has 6 heteroatoms. The highest BCUT2D eigenvalue weighted by atomic mass is 16.5. The van der Waals surface area contributed by atoms with Crippen LogP contribution in [0.2, 0.25) is 0 Å². The molecule has 2 N–H and O–H groups in total. The zero-order valence-corrected chi connectivity index (χ0v) is 10.9. The Labute approximate surface area is 102 Å². The van der Waals surface area contributed by atoms with Crippen molar-refractivity contribution in [3.05, 3.63) is 0 Å². The minimum absolute atomic E-state index is 0.00329. The van der Waals surface area contributed by atoms with Crippen molar-refractivity contribution in [1.29, 1.82) is 0 Å². The Hall–Kier alpha value is -1.30. The zero-order valence-electron chi connectivity index (χ0n) is 10.9. The molecule has 0 aliphatic heterocycles. The van der Waals surface area contributed by atoms with E-state index in [1.54, 1.807) is 18.9 Å². The minimum Gasteiger partial charge on any atom is -0.480 e. The van der Waals surface area contributed by atoms with Crippen LogP contribution in [-0.2, 0) is 9.53 Å². The summed E-state index contributed by atoms with van der Waals surface area (Å²) in [6.45, 7) is 6.33. The topological polar surface area (TPSA) is 78.9 Å². The number of nitrogens with one attached hydrogen (secondary N) is 1. The van der Waals surface area contributed by atoms with Gasteiger partial charge in [-0.05, 0) is 20.3 Å². The molecule has 0 saturated heterocycles. The van der Waals surface area contributed by atoms with Gasteiger partial charge in [-0.15, -0.1) is 0 Å². The van der Waals surface area contributed by atoms with Crippen LogP contribution in [0.1, 0.15) is 27.2 Å². The van der Waals surface area contributed by atoms with Crippen molar-refractivity contribution in [3.8, 4) is 0 Å². The maximum atomic E-state index is 11.9. The molecule has 0 saturated carbocycles. The lowest BCUT2D eigenvalue weighted by Crippen LogP contribution is -2.50. The summed E-state index contributed by atoms with van der Waals surface area (Å²) < 4.78 is 4.91. The van der Waals surface area contributed by atoms with Crippen molar-refractivity contribution in [2.24, 2.45) is 0 Å². The highest BCUT2D eigenvalue weighted by Gasteiger charge is 2.22. The third-order valence-electron chi connectivity index (χ3n) is 2.42. The Kier molecular flexibility index (Phi) is 7.29. The first-order valence-corrected chi connectivity index (χ1v) is 5.72. The highest BCUT2D eigenvalue weighted by molar-refractivity contribution is 5.82. The van der Waals surface area contributed by atoms with E-state index in [4.69, 9.17) is 9.84 Å². The summed E-state index contributed by atoms with van der Waals surface area (Å²) in [7, 11) is 1.56. The Bertz CT molecular complexity index is 256. The number of carbonyl (C=O) groups is 2. The minimum atomic E-state index is -1.02. The number of rotatable bonds is 7. The van der Waals surface area contributed by atoms with Gasteiger partial charge in [-0.2, -0.15) is 0 Å². The molecule has 0 aromatic heterocycles. The Morgan fingerprint density at radius 1 is 1.41 bits per heavy atom. The Morgan fingerprint density at radius 3 is 2.35 bits per heavy atom. The maximum absolute atomic E-state index is 11.9. The van der Waals surface area contributed by atoms with Crippen LogP contribution in [0.5, 0.6) is 0 Å². The molecule has 1 atom stereocenters. The lowest BCUT2D eigenvalue weighted by Gasteiger charge is -2.28. The van der Waals surface area contributed by atoms with E-state index in [0.29, 0.717) is 19.6 Å². The molecule has 0 aromatic rings. The average molecular weight is 246 g/mol. The first kappa shape index (κ1) is 15.7. The first-order valence-electron chi connectivity index (χ1n) is 5.72. The number of carboxylic acids is 1. The molecule has 0 aromatic carbocycles. The summed E-state index contributed by atoms with van der Waals surface area (Å²) in [5.41, 5.74) is 0. The third kappa shape index (κ3) is 5.53. The third-order valence-corrected chi connectivity index (χ3v) is 2.42. The van der Waals surface area contributed by atoms with Gasteiger partial charge in [0.05, 0.1) is 6.61 Å². The number of hydrogen-bond acceptors (Lipinski definition) is 3. The average Bonchev–Trinajstić information content (AvgIpc) is 2.25. The molecule has 0 bridgehead atoms. The van der Waals surface area contributed by atoms with E-state index in [0.717, 1.165) is 0 Å². The molecule has 17 heavy (non-hydrogen) atoms. The smallest absolute Gasteiger partial charge is 0.326 e. The quantitative estimate of drug-likeness (QED) is 0.700. The van der Waals surface area contributed by atoms with E-state index in [9.17, 15) is 9.59 Å². The number of aliphatic carboxylic acids is 1. The van der Waals surface area contributed by atoms with Crippen LogP contribution in [0.3, 0.4) is 0 Å². The molecule has 0 aliphatic carbocycles. The number of carboxylic acid groups (broad SMARTS) is 1. The van der Waals surface area contributed by atoms with Gasteiger partial charge >= 0.3 is 12.0 Å². The maximum Gasteiger partial charge on any atom is 0.326 e. The molecule has 2 amide bonds. The molecule has 6 nitrogen and oxygen atoms in total. The van der Waals surface area contributed by atoms with E-state index in [1.165, 1.54) is 0 Å². The SMILES string of the molecule is CC[C@H](NC(=O)N(CCOC)C(C)C)C(=O)O. The van der Waals surface area contributed by atoms with Gasteiger partial charge in [0.25, 0.3) is 0 Å². The number of urea groups is 1. The summed E-state index contributed by atoms with van der Waals surface area (Å²) >= 11 is 0. The molecular formula is C11H22N2O4. The molecule has 0 aliphatic rings. The van der Waals surface area contributed by atoms with Crippen LogP contribution in [0.25, 0.3) is 0 Å². The molecule has 0 spiro atoms. The monoisotopic (exact) mass is 246 g/mol. The van der Waals surface area contributed by atoms with Crippen molar-refractivity contribution in [2.45, 2.75) is 39.3 Å². The van der Waals surface area contributed by atoms with Gasteiger partial charge < -0.3 is 20.1 Å². The molecule has 0 radical (unpaired) electrons. The molecule has 0 unspecified atom stereocenters. The van der Waals surface area contributed by atoms with Gasteiger partial charge in [0.2, 0.25) is 0 Å². The van der Waals surface area contributed by atoms with Gasteiger partial charge in [0.15, 0.2) is 0 Å². The van der Waals surface area contributed by atoms with Crippen LogP contribution in [0, 0.1) is 0 Å².